The van der Waals surface area contributed by atoms with Crippen molar-refractivity contribution in [3.63, 3.8) is 0 Å². The first-order valence-electron chi connectivity index (χ1n) is 11.8. The molecule has 186 valence electrons. The van der Waals surface area contributed by atoms with Crippen LogP contribution in [0.1, 0.15) is 38.3 Å². The van der Waals surface area contributed by atoms with E-state index in [2.05, 4.69) is 93.1 Å². The molecule has 34 heavy (non-hydrogen) atoms. The SMILES string of the molecule is C=C(N=Cc1cc(Br)ccc1Oc1ccc(CCCO[Si](C)(C)C(C)(C)C)cc1)O[Si](C)(C)C. The predicted molar refractivity (Wildman–Crippen MR) is 153 cm³/mol. The second-order valence-electron chi connectivity index (χ2n) is 11.0. The zero-order valence-electron chi connectivity index (χ0n) is 22.0. The number of aliphatic imine (C=N–C) groups is 1. The molecule has 0 radical (unpaired) electrons. The van der Waals surface area contributed by atoms with Crippen LogP contribution >= 0.6 is 15.9 Å². The van der Waals surface area contributed by atoms with E-state index in [1.54, 1.807) is 6.21 Å². The highest BCUT2D eigenvalue weighted by molar-refractivity contribution is 9.10. The Kier molecular flexibility index (Phi) is 9.95. The molecule has 7 heteroatoms. The maximum Gasteiger partial charge on any atom is 0.244 e. The number of nitrogens with zero attached hydrogens (tertiary/aromatic N) is 1. The zero-order valence-corrected chi connectivity index (χ0v) is 25.6. The summed E-state index contributed by atoms with van der Waals surface area (Å²) < 4.78 is 19.2. The van der Waals surface area contributed by atoms with Gasteiger partial charge in [-0.05, 0) is 93.1 Å². The van der Waals surface area contributed by atoms with Crippen molar-refractivity contribution in [2.75, 3.05) is 6.61 Å². The van der Waals surface area contributed by atoms with Gasteiger partial charge in [-0.2, -0.15) is 0 Å². The van der Waals surface area contributed by atoms with E-state index in [0.717, 1.165) is 41.0 Å². The average molecular weight is 563 g/mol. The summed E-state index contributed by atoms with van der Waals surface area (Å²) in [6.45, 7) is 22.5. The normalized spacial score (nSPS) is 12.7. The fourth-order valence-electron chi connectivity index (χ4n) is 2.91. The average Bonchev–Trinajstić information content (AvgIpc) is 2.70. The molecule has 0 heterocycles. The minimum atomic E-state index is -1.74. The van der Waals surface area contributed by atoms with Crippen molar-refractivity contribution in [3.05, 3.63) is 70.5 Å². The Bertz CT molecular complexity index is 990. The lowest BCUT2D eigenvalue weighted by molar-refractivity contribution is 0.282. The summed E-state index contributed by atoms with van der Waals surface area (Å²) in [5.41, 5.74) is 2.13. The van der Waals surface area contributed by atoms with Gasteiger partial charge in [0.1, 0.15) is 11.5 Å². The van der Waals surface area contributed by atoms with Crippen molar-refractivity contribution in [1.82, 2.24) is 0 Å². The van der Waals surface area contributed by atoms with E-state index >= 15 is 0 Å². The lowest BCUT2D eigenvalue weighted by Crippen LogP contribution is -2.41. The summed E-state index contributed by atoms with van der Waals surface area (Å²) in [6.07, 6.45) is 3.74. The van der Waals surface area contributed by atoms with Crippen LogP contribution in [-0.4, -0.2) is 29.5 Å². The van der Waals surface area contributed by atoms with E-state index in [4.69, 9.17) is 13.6 Å². The van der Waals surface area contributed by atoms with Crippen molar-refractivity contribution >= 4 is 38.8 Å². The first kappa shape index (κ1) is 28.6. The van der Waals surface area contributed by atoms with E-state index in [1.165, 1.54) is 5.56 Å². The Morgan fingerprint density at radius 1 is 1.03 bits per heavy atom. The molecular weight excluding hydrogens is 522 g/mol. The third kappa shape index (κ3) is 9.52. The number of aryl methyl sites for hydroxylation is 1. The molecule has 2 aromatic rings. The number of hydrogen-bond donors (Lipinski definition) is 0. The summed E-state index contributed by atoms with van der Waals surface area (Å²) in [4.78, 5) is 4.39. The maximum atomic E-state index is 6.29. The van der Waals surface area contributed by atoms with Crippen molar-refractivity contribution in [3.8, 4) is 11.5 Å². The zero-order chi connectivity index (χ0) is 25.6. The van der Waals surface area contributed by atoms with Gasteiger partial charge in [0, 0.05) is 22.9 Å². The molecule has 0 saturated carbocycles. The van der Waals surface area contributed by atoms with Crippen LogP contribution in [0, 0.1) is 0 Å². The number of hydrogen-bond acceptors (Lipinski definition) is 4. The van der Waals surface area contributed by atoms with Crippen LogP contribution in [0.25, 0.3) is 0 Å². The molecule has 0 bridgehead atoms. The fraction of sp³-hybridized carbons (Fsp3) is 0.444. The molecule has 2 rings (SSSR count). The summed E-state index contributed by atoms with van der Waals surface area (Å²) in [6, 6.07) is 14.1. The van der Waals surface area contributed by atoms with Gasteiger partial charge in [0.05, 0.1) is 0 Å². The van der Waals surface area contributed by atoms with Crippen LogP contribution in [0.5, 0.6) is 11.5 Å². The molecule has 0 aromatic heterocycles. The highest BCUT2D eigenvalue weighted by Gasteiger charge is 2.36. The van der Waals surface area contributed by atoms with Gasteiger partial charge >= 0.3 is 0 Å². The predicted octanol–water partition coefficient (Wildman–Crippen LogP) is 8.94. The Balaban J connectivity index is 1.98. The Labute approximate surface area is 216 Å². The largest absolute Gasteiger partial charge is 0.532 e. The topological polar surface area (TPSA) is 40.0 Å². The second-order valence-corrected chi connectivity index (χ2v) is 21.2. The molecule has 0 aliphatic heterocycles. The number of benzene rings is 2. The van der Waals surface area contributed by atoms with E-state index in [9.17, 15) is 0 Å². The smallest absolute Gasteiger partial charge is 0.244 e. The summed E-state index contributed by atoms with van der Waals surface area (Å²) in [5, 5.41) is 0.247. The van der Waals surface area contributed by atoms with Crippen molar-refractivity contribution < 1.29 is 13.6 Å². The molecular formula is C27H40BrNO3Si2. The lowest BCUT2D eigenvalue weighted by Gasteiger charge is -2.36. The van der Waals surface area contributed by atoms with Gasteiger partial charge in [-0.25, -0.2) is 4.99 Å². The van der Waals surface area contributed by atoms with Gasteiger partial charge in [0.2, 0.25) is 8.32 Å². The molecule has 0 unspecified atom stereocenters. The van der Waals surface area contributed by atoms with Gasteiger partial charge in [0.25, 0.3) is 0 Å². The minimum absolute atomic E-state index is 0.247. The Hall–Kier alpha value is -1.68. The molecule has 0 atom stereocenters. The van der Waals surface area contributed by atoms with Crippen LogP contribution in [0.4, 0.5) is 0 Å². The highest BCUT2D eigenvalue weighted by Crippen LogP contribution is 2.36. The standard InChI is InChI=1S/C27H40BrNO3Si2/c1-21(32-33(5,6)7)29-20-23-19-24(28)14-17-26(23)31-25-15-12-22(13-16-25)11-10-18-30-34(8,9)27(2,3)4/h12-17,19-20H,1,10-11,18H2,2-9H3. The molecule has 0 amide bonds. The molecule has 0 spiro atoms. The number of ether oxygens (including phenoxy) is 1. The Morgan fingerprint density at radius 3 is 2.26 bits per heavy atom. The fourth-order valence-corrected chi connectivity index (χ4v) is 5.13. The van der Waals surface area contributed by atoms with E-state index in [1.807, 2.05) is 30.3 Å². The van der Waals surface area contributed by atoms with Crippen LogP contribution in [0.2, 0.25) is 37.8 Å². The Morgan fingerprint density at radius 2 is 1.68 bits per heavy atom. The molecule has 0 saturated heterocycles. The van der Waals surface area contributed by atoms with E-state index < -0.39 is 16.6 Å². The van der Waals surface area contributed by atoms with Crippen molar-refractivity contribution in [1.29, 1.82) is 0 Å². The van der Waals surface area contributed by atoms with Crippen molar-refractivity contribution in [2.45, 2.75) is 71.4 Å². The van der Waals surface area contributed by atoms with E-state index in [-0.39, 0.29) is 5.04 Å². The molecule has 0 aliphatic rings. The molecule has 0 aliphatic carbocycles. The first-order valence-corrected chi connectivity index (χ1v) is 18.9. The maximum absolute atomic E-state index is 6.29. The lowest BCUT2D eigenvalue weighted by atomic mass is 10.1. The van der Waals surface area contributed by atoms with Gasteiger partial charge in [0.15, 0.2) is 14.2 Å². The minimum Gasteiger partial charge on any atom is -0.532 e. The van der Waals surface area contributed by atoms with Crippen molar-refractivity contribution in [2.24, 2.45) is 4.99 Å². The molecule has 0 N–H and O–H groups in total. The number of halogens is 1. The van der Waals surface area contributed by atoms with Crippen LogP contribution in [0.15, 0.2) is 64.4 Å². The van der Waals surface area contributed by atoms with E-state index in [0.29, 0.717) is 5.88 Å². The number of rotatable bonds is 11. The molecule has 0 fully saturated rings. The first-order chi connectivity index (χ1) is 15.7. The molecule has 2 aromatic carbocycles. The monoisotopic (exact) mass is 561 g/mol. The second kappa shape index (κ2) is 11.8. The van der Waals surface area contributed by atoms with Crippen LogP contribution in [-0.2, 0) is 15.3 Å². The van der Waals surface area contributed by atoms with Gasteiger partial charge in [-0.3, -0.25) is 0 Å². The third-order valence-electron chi connectivity index (χ3n) is 5.77. The third-order valence-corrected chi connectivity index (χ3v) is 11.7. The van der Waals surface area contributed by atoms with Gasteiger partial charge in [-0.1, -0.05) is 48.8 Å². The highest BCUT2D eigenvalue weighted by atomic mass is 79.9. The van der Waals surface area contributed by atoms with Crippen LogP contribution in [0.3, 0.4) is 0 Å². The summed E-state index contributed by atoms with van der Waals surface area (Å²) in [7, 11) is -3.42. The van der Waals surface area contributed by atoms with Gasteiger partial charge < -0.3 is 13.6 Å². The summed E-state index contributed by atoms with van der Waals surface area (Å²) >= 11 is 3.53. The summed E-state index contributed by atoms with van der Waals surface area (Å²) in [5.74, 6) is 1.94. The van der Waals surface area contributed by atoms with Crippen LogP contribution < -0.4 is 4.74 Å². The van der Waals surface area contributed by atoms with Gasteiger partial charge in [-0.15, -0.1) is 0 Å². The quantitative estimate of drug-likeness (QED) is 0.119. The molecule has 4 nitrogen and oxygen atoms in total.